The van der Waals surface area contributed by atoms with E-state index in [1.54, 1.807) is 6.20 Å². The highest BCUT2D eigenvalue weighted by molar-refractivity contribution is 5.80. The molecule has 0 spiro atoms. The molecule has 1 heterocycles. The van der Waals surface area contributed by atoms with E-state index in [0.29, 0.717) is 19.4 Å². The number of nitrogens with zero attached hydrogens (tertiary/aromatic N) is 2. The number of imidazole rings is 1. The molecular weight excluding hydrogens is 238 g/mol. The molecule has 1 aliphatic carbocycles. The van der Waals surface area contributed by atoms with Crippen LogP contribution in [-0.2, 0) is 17.8 Å². The number of rotatable bonds is 6. The molecule has 1 aromatic heterocycles. The van der Waals surface area contributed by atoms with Crippen molar-refractivity contribution in [3.8, 4) is 0 Å². The molecule has 106 valence electrons. The molecule has 4 heteroatoms. The van der Waals surface area contributed by atoms with Gasteiger partial charge < -0.3 is 10.3 Å². The van der Waals surface area contributed by atoms with E-state index in [2.05, 4.69) is 11.9 Å². The third-order valence-electron chi connectivity index (χ3n) is 4.42. The molecule has 0 amide bonds. The van der Waals surface area contributed by atoms with Crippen LogP contribution in [0, 0.1) is 5.41 Å². The second-order valence-electron chi connectivity index (χ2n) is 5.79. The number of ketones is 1. The highest BCUT2D eigenvalue weighted by atomic mass is 16.1. The minimum atomic E-state index is 0.0684. The zero-order chi connectivity index (χ0) is 13.7. The van der Waals surface area contributed by atoms with Gasteiger partial charge in [-0.3, -0.25) is 4.79 Å². The summed E-state index contributed by atoms with van der Waals surface area (Å²) in [7, 11) is 0. The van der Waals surface area contributed by atoms with E-state index in [-0.39, 0.29) is 11.2 Å². The average molecular weight is 263 g/mol. The predicted octanol–water partition coefficient (Wildman–Crippen LogP) is 2.31. The molecular formula is C15H25N3O. The standard InChI is InChI=1S/C15H25N3O/c1-2-18-9-8-17-14(18)10-13(19)11-15(12-16)6-4-3-5-7-15/h8-9H,2-7,10-12,16H2,1H3. The van der Waals surface area contributed by atoms with Gasteiger partial charge in [0.2, 0.25) is 0 Å². The number of hydrogen-bond donors (Lipinski definition) is 1. The molecule has 0 aliphatic heterocycles. The van der Waals surface area contributed by atoms with Crippen molar-refractivity contribution < 1.29 is 4.79 Å². The number of carbonyl (C=O) groups is 1. The number of Topliss-reactive ketones (excluding diaryl/α,β-unsaturated/α-hetero) is 1. The molecule has 19 heavy (non-hydrogen) atoms. The van der Waals surface area contributed by atoms with Gasteiger partial charge in [-0.25, -0.2) is 4.98 Å². The van der Waals surface area contributed by atoms with Gasteiger partial charge in [0.25, 0.3) is 0 Å². The van der Waals surface area contributed by atoms with Crippen LogP contribution < -0.4 is 5.73 Å². The van der Waals surface area contributed by atoms with E-state index in [1.165, 1.54) is 19.3 Å². The molecule has 0 aromatic carbocycles. The topological polar surface area (TPSA) is 60.9 Å². The van der Waals surface area contributed by atoms with Gasteiger partial charge in [-0.05, 0) is 31.7 Å². The fourth-order valence-corrected chi connectivity index (χ4v) is 3.21. The maximum atomic E-state index is 12.3. The van der Waals surface area contributed by atoms with Crippen LogP contribution >= 0.6 is 0 Å². The van der Waals surface area contributed by atoms with E-state index in [0.717, 1.165) is 25.2 Å². The molecule has 0 bridgehead atoms. The van der Waals surface area contributed by atoms with Crippen molar-refractivity contribution >= 4 is 5.78 Å². The Morgan fingerprint density at radius 2 is 2.16 bits per heavy atom. The highest BCUT2D eigenvalue weighted by Crippen LogP contribution is 2.38. The molecule has 1 aromatic rings. The first-order chi connectivity index (χ1) is 9.19. The van der Waals surface area contributed by atoms with Gasteiger partial charge in [0.05, 0.1) is 6.42 Å². The van der Waals surface area contributed by atoms with Crippen LogP contribution in [0.2, 0.25) is 0 Å². The minimum absolute atomic E-state index is 0.0684. The van der Waals surface area contributed by atoms with E-state index < -0.39 is 0 Å². The Hall–Kier alpha value is -1.16. The van der Waals surface area contributed by atoms with Crippen molar-refractivity contribution in [2.75, 3.05) is 6.54 Å². The molecule has 0 saturated heterocycles. The smallest absolute Gasteiger partial charge is 0.141 e. The second-order valence-corrected chi connectivity index (χ2v) is 5.79. The van der Waals surface area contributed by atoms with Gasteiger partial charge in [0.15, 0.2) is 0 Å². The van der Waals surface area contributed by atoms with Crippen LogP contribution in [0.25, 0.3) is 0 Å². The summed E-state index contributed by atoms with van der Waals surface area (Å²) in [5.74, 6) is 1.17. The van der Waals surface area contributed by atoms with Crippen LogP contribution in [0.5, 0.6) is 0 Å². The van der Waals surface area contributed by atoms with Gasteiger partial charge >= 0.3 is 0 Å². The number of aromatic nitrogens is 2. The fraction of sp³-hybridized carbons (Fsp3) is 0.733. The lowest BCUT2D eigenvalue weighted by molar-refractivity contribution is -0.121. The minimum Gasteiger partial charge on any atom is -0.335 e. The van der Waals surface area contributed by atoms with Crippen LogP contribution in [0.15, 0.2) is 12.4 Å². The Morgan fingerprint density at radius 1 is 1.42 bits per heavy atom. The normalized spacial score (nSPS) is 18.4. The molecule has 4 nitrogen and oxygen atoms in total. The zero-order valence-electron chi connectivity index (χ0n) is 11.9. The monoisotopic (exact) mass is 263 g/mol. The van der Waals surface area contributed by atoms with Crippen molar-refractivity contribution in [1.82, 2.24) is 9.55 Å². The highest BCUT2D eigenvalue weighted by Gasteiger charge is 2.32. The molecule has 0 radical (unpaired) electrons. The van der Waals surface area contributed by atoms with Crippen molar-refractivity contribution in [2.24, 2.45) is 11.1 Å². The predicted molar refractivity (Wildman–Crippen MR) is 75.8 cm³/mol. The maximum absolute atomic E-state index is 12.3. The summed E-state index contributed by atoms with van der Waals surface area (Å²) in [6.07, 6.45) is 10.7. The van der Waals surface area contributed by atoms with Crippen molar-refractivity contribution in [1.29, 1.82) is 0 Å². The summed E-state index contributed by atoms with van der Waals surface area (Å²) in [4.78, 5) is 16.6. The van der Waals surface area contributed by atoms with Gasteiger partial charge in [-0.2, -0.15) is 0 Å². The first kappa shape index (κ1) is 14.3. The molecule has 0 atom stereocenters. The van der Waals surface area contributed by atoms with E-state index in [9.17, 15) is 4.79 Å². The number of aryl methyl sites for hydroxylation is 1. The number of nitrogens with two attached hydrogens (primary N) is 1. The average Bonchev–Trinajstić information content (AvgIpc) is 2.86. The Balaban J connectivity index is 1.96. The quantitative estimate of drug-likeness (QED) is 0.856. The van der Waals surface area contributed by atoms with E-state index >= 15 is 0 Å². The summed E-state index contributed by atoms with van der Waals surface area (Å²) >= 11 is 0. The lowest BCUT2D eigenvalue weighted by Gasteiger charge is -2.35. The molecule has 2 N–H and O–H groups in total. The van der Waals surface area contributed by atoms with Crippen LogP contribution in [0.1, 0.15) is 51.3 Å². The van der Waals surface area contributed by atoms with Crippen LogP contribution in [0.3, 0.4) is 0 Å². The lowest BCUT2D eigenvalue weighted by Crippen LogP contribution is -2.35. The molecule has 1 aliphatic rings. The van der Waals surface area contributed by atoms with Gasteiger partial charge in [-0.15, -0.1) is 0 Å². The fourth-order valence-electron chi connectivity index (χ4n) is 3.21. The first-order valence-corrected chi connectivity index (χ1v) is 7.41. The van der Waals surface area contributed by atoms with E-state index in [1.807, 2.05) is 10.8 Å². The van der Waals surface area contributed by atoms with Crippen LogP contribution in [-0.4, -0.2) is 21.9 Å². The summed E-state index contributed by atoms with van der Waals surface area (Å²) in [5, 5.41) is 0. The summed E-state index contributed by atoms with van der Waals surface area (Å²) in [6, 6.07) is 0. The molecule has 2 rings (SSSR count). The first-order valence-electron chi connectivity index (χ1n) is 7.41. The number of hydrogen-bond acceptors (Lipinski definition) is 3. The maximum Gasteiger partial charge on any atom is 0.141 e. The van der Waals surface area contributed by atoms with Crippen molar-refractivity contribution in [2.45, 2.75) is 58.4 Å². The summed E-state index contributed by atoms with van der Waals surface area (Å²) < 4.78 is 2.04. The van der Waals surface area contributed by atoms with Gasteiger partial charge in [-0.1, -0.05) is 19.3 Å². The summed E-state index contributed by atoms with van der Waals surface area (Å²) in [5.41, 5.74) is 6.01. The SMILES string of the molecule is CCn1ccnc1CC(=O)CC1(CN)CCCCC1. The zero-order valence-corrected chi connectivity index (χ0v) is 11.9. The van der Waals surface area contributed by atoms with Gasteiger partial charge in [0, 0.05) is 25.4 Å². The third-order valence-corrected chi connectivity index (χ3v) is 4.42. The Kier molecular flexibility index (Phi) is 4.75. The van der Waals surface area contributed by atoms with Crippen molar-refractivity contribution in [3.63, 3.8) is 0 Å². The lowest BCUT2D eigenvalue weighted by atomic mass is 9.71. The van der Waals surface area contributed by atoms with Crippen molar-refractivity contribution in [3.05, 3.63) is 18.2 Å². The molecule has 0 unspecified atom stereocenters. The Morgan fingerprint density at radius 3 is 2.79 bits per heavy atom. The van der Waals surface area contributed by atoms with E-state index in [4.69, 9.17) is 5.73 Å². The third kappa shape index (κ3) is 3.44. The summed E-state index contributed by atoms with van der Waals surface area (Å²) in [6.45, 7) is 3.57. The second kappa shape index (κ2) is 6.33. The largest absolute Gasteiger partial charge is 0.335 e. The number of carbonyl (C=O) groups excluding carboxylic acids is 1. The molecule has 1 fully saturated rings. The Bertz CT molecular complexity index is 419. The molecule has 1 saturated carbocycles. The van der Waals surface area contributed by atoms with Gasteiger partial charge in [0.1, 0.15) is 11.6 Å². The Labute approximate surface area is 115 Å². The van der Waals surface area contributed by atoms with Crippen LogP contribution in [0.4, 0.5) is 0 Å².